The standard InChI is InChI=1S/C4H10O2S/c1-4-6-7(2,3)5/h2,4H2,1,3H3. The first kappa shape index (κ1) is 6.98. The molecule has 1 atom stereocenters. The van der Waals surface area contributed by atoms with Crippen LogP contribution in [0.15, 0.2) is 0 Å². The monoisotopic (exact) mass is 122 g/mol. The number of hydrogen-bond donors (Lipinski definition) is 0. The predicted molar refractivity (Wildman–Crippen MR) is 32.8 cm³/mol. The van der Waals surface area contributed by atoms with Crippen molar-refractivity contribution in [1.29, 1.82) is 0 Å². The van der Waals surface area contributed by atoms with E-state index >= 15 is 0 Å². The van der Waals surface area contributed by atoms with Crippen molar-refractivity contribution in [3.05, 3.63) is 0 Å². The van der Waals surface area contributed by atoms with Crippen molar-refractivity contribution in [1.82, 2.24) is 0 Å². The van der Waals surface area contributed by atoms with Crippen molar-refractivity contribution in [3.63, 3.8) is 0 Å². The van der Waals surface area contributed by atoms with E-state index in [0.717, 1.165) is 0 Å². The van der Waals surface area contributed by atoms with E-state index in [2.05, 4.69) is 10.1 Å². The van der Waals surface area contributed by atoms with Gasteiger partial charge in [-0.15, -0.1) is 0 Å². The van der Waals surface area contributed by atoms with Crippen LogP contribution in [0.5, 0.6) is 0 Å². The van der Waals surface area contributed by atoms with Gasteiger partial charge in [0.1, 0.15) is 0 Å². The summed E-state index contributed by atoms with van der Waals surface area (Å²) in [6.07, 6.45) is 1.47. The second-order valence-electron chi connectivity index (χ2n) is 1.33. The van der Waals surface area contributed by atoms with Crippen LogP contribution >= 0.6 is 0 Å². The van der Waals surface area contributed by atoms with Gasteiger partial charge < -0.3 is 0 Å². The Morgan fingerprint density at radius 1 is 1.86 bits per heavy atom. The quantitative estimate of drug-likeness (QED) is 0.492. The van der Waals surface area contributed by atoms with Gasteiger partial charge in [-0.05, 0) is 12.8 Å². The minimum atomic E-state index is -2.17. The highest BCUT2D eigenvalue weighted by atomic mass is 32.2. The molecular formula is C4H10O2S. The van der Waals surface area contributed by atoms with E-state index < -0.39 is 9.80 Å². The molecule has 0 aromatic heterocycles. The zero-order valence-corrected chi connectivity index (χ0v) is 5.46. The van der Waals surface area contributed by atoms with Crippen LogP contribution in [0.25, 0.3) is 0 Å². The van der Waals surface area contributed by atoms with Crippen LogP contribution in [0.4, 0.5) is 0 Å². The van der Waals surface area contributed by atoms with Crippen LogP contribution in [0.1, 0.15) is 6.92 Å². The highest BCUT2D eigenvalue weighted by Gasteiger charge is 1.86. The Bertz CT molecular complexity index is 123. The van der Waals surface area contributed by atoms with Crippen molar-refractivity contribution in [2.45, 2.75) is 6.92 Å². The fourth-order valence-corrected chi connectivity index (χ4v) is 0.748. The topological polar surface area (TPSA) is 26.3 Å². The molecule has 0 aliphatic carbocycles. The lowest BCUT2D eigenvalue weighted by molar-refractivity contribution is 0.372. The van der Waals surface area contributed by atoms with Crippen LogP contribution in [-0.4, -0.2) is 22.9 Å². The van der Waals surface area contributed by atoms with Gasteiger partial charge in [-0.3, -0.25) is 4.18 Å². The SMILES string of the molecule is C=S(C)(=O)OCC. The van der Waals surface area contributed by atoms with Gasteiger partial charge in [0, 0.05) is 6.26 Å². The first-order chi connectivity index (χ1) is 3.06. The molecule has 0 aliphatic heterocycles. The van der Waals surface area contributed by atoms with Gasteiger partial charge in [0.2, 0.25) is 0 Å². The van der Waals surface area contributed by atoms with Crippen molar-refractivity contribution < 1.29 is 8.39 Å². The lowest BCUT2D eigenvalue weighted by Gasteiger charge is -1.97. The summed E-state index contributed by atoms with van der Waals surface area (Å²) in [6.45, 7) is 2.26. The molecule has 0 aliphatic rings. The molecule has 0 N–H and O–H groups in total. The summed E-state index contributed by atoms with van der Waals surface area (Å²) < 4.78 is 15.1. The Labute approximate surface area is 44.7 Å². The summed E-state index contributed by atoms with van der Waals surface area (Å²) in [7, 11) is -2.17. The smallest absolute Gasteiger partial charge is 0.0741 e. The molecule has 0 saturated carbocycles. The molecule has 0 rings (SSSR count). The average Bonchev–Trinajstić information content (AvgIpc) is 1.30. The Hall–Kier alpha value is -0.0200. The molecule has 0 fully saturated rings. The molecule has 0 amide bonds. The van der Waals surface area contributed by atoms with Crippen molar-refractivity contribution in [3.8, 4) is 0 Å². The fraction of sp³-hybridized carbons (Fsp3) is 0.750. The van der Waals surface area contributed by atoms with E-state index in [1.54, 1.807) is 6.92 Å². The second kappa shape index (κ2) is 2.33. The van der Waals surface area contributed by atoms with E-state index in [0.29, 0.717) is 6.61 Å². The van der Waals surface area contributed by atoms with Crippen LogP contribution in [0.2, 0.25) is 0 Å². The fourth-order valence-electron chi connectivity index (χ4n) is 0.249. The molecule has 0 spiro atoms. The van der Waals surface area contributed by atoms with Gasteiger partial charge in [0.25, 0.3) is 0 Å². The summed E-state index contributed by atoms with van der Waals surface area (Å²) in [5.41, 5.74) is 0. The highest BCUT2D eigenvalue weighted by molar-refractivity contribution is 7.95. The maximum atomic E-state index is 10.5. The van der Waals surface area contributed by atoms with Gasteiger partial charge in [-0.2, -0.15) is 0 Å². The minimum Gasteiger partial charge on any atom is -0.299 e. The molecule has 7 heavy (non-hydrogen) atoms. The van der Waals surface area contributed by atoms with Gasteiger partial charge in [0.05, 0.1) is 16.4 Å². The van der Waals surface area contributed by atoms with Crippen LogP contribution in [0.3, 0.4) is 0 Å². The van der Waals surface area contributed by atoms with Gasteiger partial charge in [-0.1, -0.05) is 0 Å². The van der Waals surface area contributed by atoms with Gasteiger partial charge in [0.15, 0.2) is 0 Å². The van der Waals surface area contributed by atoms with E-state index in [-0.39, 0.29) is 0 Å². The molecule has 0 aromatic rings. The van der Waals surface area contributed by atoms with Gasteiger partial charge >= 0.3 is 0 Å². The van der Waals surface area contributed by atoms with E-state index in [4.69, 9.17) is 0 Å². The molecule has 2 nitrogen and oxygen atoms in total. The predicted octanol–water partition coefficient (Wildman–Crippen LogP) is 0.284. The molecule has 3 heteroatoms. The summed E-state index contributed by atoms with van der Waals surface area (Å²) in [4.78, 5) is 0. The normalized spacial score (nSPS) is 18.6. The Balaban J connectivity index is 3.60. The number of hydrogen-bond acceptors (Lipinski definition) is 2. The van der Waals surface area contributed by atoms with E-state index in [1.807, 2.05) is 0 Å². The number of rotatable bonds is 2. The minimum absolute atomic E-state index is 0.471. The molecule has 0 radical (unpaired) electrons. The van der Waals surface area contributed by atoms with E-state index in [9.17, 15) is 4.21 Å². The molecule has 0 heterocycles. The zero-order valence-electron chi connectivity index (χ0n) is 4.64. The van der Waals surface area contributed by atoms with Gasteiger partial charge in [-0.25, -0.2) is 4.21 Å². The third-order valence-electron chi connectivity index (χ3n) is 0.367. The highest BCUT2D eigenvalue weighted by Crippen LogP contribution is 1.82. The summed E-state index contributed by atoms with van der Waals surface area (Å²) in [6, 6.07) is 0. The third kappa shape index (κ3) is 5.98. The molecule has 0 bridgehead atoms. The van der Waals surface area contributed by atoms with Crippen LogP contribution < -0.4 is 0 Å². The van der Waals surface area contributed by atoms with Crippen molar-refractivity contribution in [2.75, 3.05) is 12.9 Å². The summed E-state index contributed by atoms with van der Waals surface area (Å²) >= 11 is 0. The Morgan fingerprint density at radius 2 is 2.29 bits per heavy atom. The second-order valence-corrected chi connectivity index (χ2v) is 3.42. The largest absolute Gasteiger partial charge is 0.299 e. The lowest BCUT2D eigenvalue weighted by atomic mass is 10.9. The molecular weight excluding hydrogens is 112 g/mol. The third-order valence-corrected chi connectivity index (χ3v) is 1.10. The van der Waals surface area contributed by atoms with E-state index in [1.165, 1.54) is 6.26 Å². The lowest BCUT2D eigenvalue weighted by Crippen LogP contribution is -2.00. The first-order valence-corrected chi connectivity index (χ1v) is 4.09. The summed E-state index contributed by atoms with van der Waals surface area (Å²) in [5, 5.41) is 0. The van der Waals surface area contributed by atoms with Crippen LogP contribution in [-0.2, 0) is 14.0 Å². The maximum absolute atomic E-state index is 10.5. The first-order valence-electron chi connectivity index (χ1n) is 2.03. The van der Waals surface area contributed by atoms with Crippen molar-refractivity contribution in [2.24, 2.45) is 0 Å². The molecule has 44 valence electrons. The Kier molecular flexibility index (Phi) is 2.32. The van der Waals surface area contributed by atoms with Crippen LogP contribution in [0, 0.1) is 0 Å². The maximum Gasteiger partial charge on any atom is 0.0741 e. The molecule has 0 saturated heterocycles. The van der Waals surface area contributed by atoms with Crippen molar-refractivity contribution >= 4 is 15.7 Å². The summed E-state index contributed by atoms with van der Waals surface area (Å²) in [5.74, 6) is 3.27. The zero-order chi connectivity index (χ0) is 5.91. The Morgan fingerprint density at radius 3 is 2.29 bits per heavy atom. The molecule has 1 unspecified atom stereocenters. The average molecular weight is 122 g/mol. The molecule has 0 aromatic carbocycles.